The van der Waals surface area contributed by atoms with Crippen molar-refractivity contribution in [2.45, 2.75) is 12.8 Å². The van der Waals surface area contributed by atoms with Gasteiger partial charge in [0.25, 0.3) is 5.69 Å². The molecular weight excluding hydrogens is 452 g/mol. The molecule has 4 rings (SSSR count). The van der Waals surface area contributed by atoms with Crippen molar-refractivity contribution < 1.29 is 14.5 Å². The highest BCUT2D eigenvalue weighted by Crippen LogP contribution is 2.29. The summed E-state index contributed by atoms with van der Waals surface area (Å²) in [5.74, 6) is -0.247. The summed E-state index contributed by atoms with van der Waals surface area (Å²) in [5.41, 5.74) is 1.91. The first-order valence-corrected chi connectivity index (χ1v) is 11.1. The van der Waals surface area contributed by atoms with E-state index in [1.807, 2.05) is 18.2 Å². The van der Waals surface area contributed by atoms with Crippen molar-refractivity contribution in [3.05, 3.63) is 69.7 Å². The van der Waals surface area contributed by atoms with Gasteiger partial charge in [-0.2, -0.15) is 0 Å². The zero-order valence-electron chi connectivity index (χ0n) is 16.4. The molecule has 162 valence electrons. The quantitative estimate of drug-likeness (QED) is 0.261. The topological polar surface area (TPSA) is 139 Å². The number of nitrogens with zero attached hydrogens (tertiary/aromatic N) is 3. The first kappa shape index (κ1) is 21.3. The van der Waals surface area contributed by atoms with Gasteiger partial charge in [0.05, 0.1) is 20.8 Å². The summed E-state index contributed by atoms with van der Waals surface area (Å²) in [6.07, 6.45) is 0.566. The second-order valence-electron chi connectivity index (χ2n) is 6.57. The van der Waals surface area contributed by atoms with Crippen LogP contribution in [0.5, 0.6) is 0 Å². The molecule has 0 atom stereocenters. The lowest BCUT2D eigenvalue weighted by atomic mass is 10.2. The Labute approximate surface area is 189 Å². The van der Waals surface area contributed by atoms with Crippen molar-refractivity contribution in [1.29, 1.82) is 0 Å². The molecule has 0 aliphatic heterocycles. The van der Waals surface area contributed by atoms with Crippen LogP contribution in [-0.2, 0) is 11.2 Å². The van der Waals surface area contributed by atoms with Gasteiger partial charge in [-0.1, -0.05) is 29.5 Å². The van der Waals surface area contributed by atoms with Crippen LogP contribution in [0.2, 0.25) is 0 Å². The number of benzene rings is 2. The predicted octanol–water partition coefficient (Wildman–Crippen LogP) is 4.88. The molecule has 10 nitrogen and oxygen atoms in total. The van der Waals surface area contributed by atoms with Crippen LogP contribution in [0.4, 0.5) is 26.4 Å². The molecule has 3 N–H and O–H groups in total. The molecule has 0 aliphatic carbocycles. The minimum absolute atomic E-state index is 0.0237. The summed E-state index contributed by atoms with van der Waals surface area (Å²) in [6.45, 7) is 0. The summed E-state index contributed by atoms with van der Waals surface area (Å²) in [7, 11) is 0. The molecule has 0 radical (unpaired) electrons. The number of nitro benzene ring substituents is 1. The van der Waals surface area contributed by atoms with Gasteiger partial charge in [0.2, 0.25) is 5.91 Å². The van der Waals surface area contributed by atoms with Crippen LogP contribution in [0.3, 0.4) is 0 Å². The van der Waals surface area contributed by atoms with E-state index in [4.69, 9.17) is 0 Å². The van der Waals surface area contributed by atoms with E-state index < -0.39 is 11.0 Å². The maximum Gasteiger partial charge on any atom is 0.325 e. The number of carbonyl (C=O) groups is 2. The molecule has 0 saturated heterocycles. The normalized spacial score (nSPS) is 10.6. The number of urea groups is 1. The van der Waals surface area contributed by atoms with Crippen LogP contribution < -0.4 is 16.0 Å². The predicted molar refractivity (Wildman–Crippen MR) is 124 cm³/mol. The molecule has 0 saturated carbocycles. The number of non-ortho nitro benzene ring substituents is 1. The van der Waals surface area contributed by atoms with Crippen molar-refractivity contribution >= 4 is 66.5 Å². The number of hydrogen-bond donors (Lipinski definition) is 3. The van der Waals surface area contributed by atoms with Crippen LogP contribution in [-0.4, -0.2) is 26.8 Å². The van der Waals surface area contributed by atoms with Crippen molar-refractivity contribution in [1.82, 2.24) is 9.97 Å². The highest BCUT2D eigenvalue weighted by molar-refractivity contribution is 7.22. The molecule has 3 amide bonds. The fraction of sp³-hybridized carbons (Fsp3) is 0.100. The molecular formula is C20H16N6O4S2. The van der Waals surface area contributed by atoms with E-state index in [1.54, 1.807) is 23.6 Å². The largest absolute Gasteiger partial charge is 0.325 e. The highest BCUT2D eigenvalue weighted by atomic mass is 32.1. The van der Waals surface area contributed by atoms with Crippen molar-refractivity contribution in [2.75, 3.05) is 16.0 Å². The van der Waals surface area contributed by atoms with E-state index in [1.165, 1.54) is 34.8 Å². The van der Waals surface area contributed by atoms with Crippen LogP contribution in [0.1, 0.15) is 12.1 Å². The van der Waals surface area contributed by atoms with Gasteiger partial charge in [0, 0.05) is 29.6 Å². The van der Waals surface area contributed by atoms with E-state index in [-0.39, 0.29) is 18.0 Å². The minimum Gasteiger partial charge on any atom is -0.308 e. The third-order valence-corrected chi connectivity index (χ3v) is 5.98. The molecule has 0 fully saturated rings. The van der Waals surface area contributed by atoms with Crippen LogP contribution in [0.15, 0.2) is 53.9 Å². The summed E-state index contributed by atoms with van der Waals surface area (Å²) in [6, 6.07) is 13.0. The third-order valence-electron chi connectivity index (χ3n) is 4.24. The lowest BCUT2D eigenvalue weighted by molar-refractivity contribution is -0.384. The SMILES string of the molecule is O=C(CCc1csc(NC(=O)Nc2ccccc2)n1)Nc1nc2ccc([N+](=O)[O-])cc2s1. The summed E-state index contributed by atoms with van der Waals surface area (Å²) >= 11 is 2.45. The maximum atomic E-state index is 12.3. The van der Waals surface area contributed by atoms with Gasteiger partial charge in [-0.25, -0.2) is 14.8 Å². The number of aromatic nitrogens is 2. The van der Waals surface area contributed by atoms with E-state index in [0.717, 1.165) is 0 Å². The van der Waals surface area contributed by atoms with Crippen molar-refractivity contribution in [2.24, 2.45) is 0 Å². The van der Waals surface area contributed by atoms with E-state index in [2.05, 4.69) is 25.9 Å². The first-order valence-electron chi connectivity index (χ1n) is 9.38. The van der Waals surface area contributed by atoms with Crippen LogP contribution in [0.25, 0.3) is 10.2 Å². The summed E-state index contributed by atoms with van der Waals surface area (Å²) in [5, 5.41) is 21.6. The molecule has 32 heavy (non-hydrogen) atoms. The van der Waals surface area contributed by atoms with Crippen LogP contribution >= 0.6 is 22.7 Å². The average Bonchev–Trinajstić information content (AvgIpc) is 3.38. The lowest BCUT2D eigenvalue weighted by Gasteiger charge is -2.04. The van der Waals surface area contributed by atoms with Gasteiger partial charge >= 0.3 is 6.03 Å². The van der Waals surface area contributed by atoms with Crippen molar-refractivity contribution in [3.63, 3.8) is 0 Å². The first-order chi connectivity index (χ1) is 15.5. The number of fused-ring (bicyclic) bond motifs is 1. The maximum absolute atomic E-state index is 12.3. The zero-order chi connectivity index (χ0) is 22.5. The Bertz CT molecular complexity index is 1290. The zero-order valence-corrected chi connectivity index (χ0v) is 18.0. The number of amides is 3. The fourth-order valence-electron chi connectivity index (χ4n) is 2.76. The highest BCUT2D eigenvalue weighted by Gasteiger charge is 2.13. The molecule has 2 aromatic heterocycles. The number of nitrogens with one attached hydrogen (secondary N) is 3. The van der Waals surface area contributed by atoms with E-state index in [9.17, 15) is 19.7 Å². The molecule has 0 aliphatic rings. The van der Waals surface area contributed by atoms with Gasteiger partial charge in [0.1, 0.15) is 0 Å². The smallest absolute Gasteiger partial charge is 0.308 e. The van der Waals surface area contributed by atoms with Crippen molar-refractivity contribution in [3.8, 4) is 0 Å². The number of nitro groups is 1. The van der Waals surface area contributed by atoms with Gasteiger partial charge in [-0.3, -0.25) is 20.2 Å². The third kappa shape index (κ3) is 5.42. The second kappa shape index (κ2) is 9.49. The minimum atomic E-state index is -0.473. The number of anilines is 3. The van der Waals surface area contributed by atoms with Gasteiger partial charge in [-0.15, -0.1) is 11.3 Å². The number of carbonyl (C=O) groups excluding carboxylic acids is 2. The lowest BCUT2D eigenvalue weighted by Crippen LogP contribution is -2.19. The number of rotatable bonds is 7. The number of thiazole rings is 2. The Balaban J connectivity index is 1.28. The number of aryl methyl sites for hydroxylation is 1. The average molecular weight is 469 g/mol. The van der Waals surface area contributed by atoms with Gasteiger partial charge < -0.3 is 10.6 Å². The standard InChI is InChI=1S/C20H16N6O4S2/c27-17(24-20-23-15-8-7-14(26(29)30)10-16(15)32-20)9-6-13-11-31-19(22-13)25-18(28)21-12-4-2-1-3-5-12/h1-5,7-8,10-11H,6,9H2,(H,23,24,27)(H2,21,22,25,28). The van der Waals surface area contributed by atoms with Crippen LogP contribution in [0, 0.1) is 10.1 Å². The number of para-hydroxylation sites is 1. The van der Waals surface area contributed by atoms with Gasteiger partial charge in [0.15, 0.2) is 10.3 Å². The Hall–Kier alpha value is -3.90. The second-order valence-corrected chi connectivity index (χ2v) is 8.45. The van der Waals surface area contributed by atoms with E-state index >= 15 is 0 Å². The molecule has 2 heterocycles. The molecule has 4 aromatic rings. The summed E-state index contributed by atoms with van der Waals surface area (Å²) < 4.78 is 0.624. The monoisotopic (exact) mass is 468 g/mol. The molecule has 0 unspecified atom stereocenters. The Kier molecular flexibility index (Phi) is 6.33. The number of hydrogen-bond acceptors (Lipinski definition) is 8. The van der Waals surface area contributed by atoms with Gasteiger partial charge in [-0.05, 0) is 24.6 Å². The van der Waals surface area contributed by atoms with E-state index in [0.29, 0.717) is 38.3 Å². The Morgan fingerprint density at radius 3 is 2.59 bits per heavy atom. The summed E-state index contributed by atoms with van der Waals surface area (Å²) in [4.78, 5) is 43.3. The molecule has 0 bridgehead atoms. The Morgan fingerprint density at radius 2 is 1.81 bits per heavy atom. The fourth-order valence-corrected chi connectivity index (χ4v) is 4.42. The molecule has 12 heteroatoms. The molecule has 2 aromatic carbocycles. The Morgan fingerprint density at radius 1 is 1.00 bits per heavy atom. The molecule has 0 spiro atoms.